The lowest BCUT2D eigenvalue weighted by Crippen LogP contribution is -2.33. The van der Waals surface area contributed by atoms with Crippen LogP contribution in [0.1, 0.15) is 64.0 Å². The predicted octanol–water partition coefficient (Wildman–Crippen LogP) is 6.96. The molecule has 1 aromatic carbocycles. The van der Waals surface area contributed by atoms with Gasteiger partial charge in [0.05, 0.1) is 11.4 Å². The summed E-state index contributed by atoms with van der Waals surface area (Å²) in [6, 6.07) is 3.01. The summed E-state index contributed by atoms with van der Waals surface area (Å²) in [6.07, 6.45) is 0.777. The number of allylic oxidation sites excluding steroid dienone is 1. The number of benzene rings is 1. The highest BCUT2D eigenvalue weighted by Gasteiger charge is 2.61. The molecule has 1 saturated heterocycles. The maximum absolute atomic E-state index is 14.6. The maximum Gasteiger partial charge on any atom is 0.416 e. The molecule has 0 spiro atoms. The second kappa shape index (κ2) is 11.1. The summed E-state index contributed by atoms with van der Waals surface area (Å²) in [6.45, 7) is 8.46. The number of nitrogens with zero attached hydrogens (tertiary/aromatic N) is 3. The number of aliphatic imine (C=N–C) groups is 1. The van der Waals surface area contributed by atoms with Crippen molar-refractivity contribution >= 4 is 23.3 Å². The van der Waals surface area contributed by atoms with Gasteiger partial charge < -0.3 is 9.80 Å². The third-order valence-corrected chi connectivity index (χ3v) is 9.18. The number of hydrogen-bond acceptors (Lipinski definition) is 4. The maximum atomic E-state index is 14.6. The van der Waals surface area contributed by atoms with Crippen molar-refractivity contribution in [3.63, 3.8) is 0 Å². The van der Waals surface area contributed by atoms with Crippen LogP contribution in [-0.4, -0.2) is 59.7 Å². The van der Waals surface area contributed by atoms with Crippen LogP contribution in [0.3, 0.4) is 0 Å². The first-order chi connectivity index (χ1) is 17.4. The minimum Gasteiger partial charge on any atom is -0.351 e. The number of amidine groups is 1. The van der Waals surface area contributed by atoms with E-state index >= 15 is 0 Å². The fourth-order valence-electron chi connectivity index (χ4n) is 5.88. The van der Waals surface area contributed by atoms with Crippen molar-refractivity contribution < 1.29 is 17.6 Å². The lowest BCUT2D eigenvalue weighted by atomic mass is 9.78. The van der Waals surface area contributed by atoms with Crippen molar-refractivity contribution in [3.8, 4) is 0 Å². The van der Waals surface area contributed by atoms with Crippen LogP contribution < -0.4 is 0 Å². The summed E-state index contributed by atoms with van der Waals surface area (Å²) in [4.78, 5) is 8.97. The Bertz CT molecular complexity index is 1070. The molecule has 1 heterocycles. The molecule has 3 fully saturated rings. The first-order valence-electron chi connectivity index (χ1n) is 13.1. The zero-order valence-corrected chi connectivity index (χ0v) is 23.0. The SMILES string of the molecule is CC(C)=N/C(C)=C(/C(=N)N(C)CSCCCN1C[C@H]2C[C@@]2(c2ccc(C(F)(F)F)cc2F)C1)C1CCC1. The molecule has 4 rings (SSSR count). The van der Waals surface area contributed by atoms with Crippen molar-refractivity contribution in [2.45, 2.75) is 64.5 Å². The van der Waals surface area contributed by atoms with Crippen LogP contribution in [0.15, 0.2) is 34.5 Å². The summed E-state index contributed by atoms with van der Waals surface area (Å²) in [5.41, 5.74) is 2.23. The normalized spacial score (nSPS) is 24.3. The first-order valence-corrected chi connectivity index (χ1v) is 14.3. The number of halogens is 4. The second-order valence-electron chi connectivity index (χ2n) is 11.1. The Morgan fingerprint density at radius 2 is 1.97 bits per heavy atom. The molecule has 1 N–H and O–H groups in total. The van der Waals surface area contributed by atoms with Gasteiger partial charge in [0.25, 0.3) is 0 Å². The number of thioether (sulfide) groups is 1. The Kier molecular flexibility index (Phi) is 8.43. The summed E-state index contributed by atoms with van der Waals surface area (Å²) in [5, 5.41) is 8.79. The van der Waals surface area contributed by atoms with Crippen LogP contribution in [0, 0.1) is 23.1 Å². The minimum atomic E-state index is -4.53. The van der Waals surface area contributed by atoms with Gasteiger partial charge in [0.1, 0.15) is 11.7 Å². The van der Waals surface area contributed by atoms with E-state index in [9.17, 15) is 17.6 Å². The Morgan fingerprint density at radius 3 is 2.57 bits per heavy atom. The van der Waals surface area contributed by atoms with Crippen LogP contribution in [0.4, 0.5) is 17.6 Å². The molecule has 0 radical (unpaired) electrons. The molecule has 9 heteroatoms. The quantitative estimate of drug-likeness (QED) is 0.115. The van der Waals surface area contributed by atoms with Crippen LogP contribution >= 0.6 is 11.8 Å². The average molecular weight is 539 g/mol. The van der Waals surface area contributed by atoms with Crippen molar-refractivity contribution in [1.29, 1.82) is 5.41 Å². The van der Waals surface area contributed by atoms with Gasteiger partial charge in [-0.05, 0) is 88.3 Å². The second-order valence-corrected chi connectivity index (χ2v) is 12.2. The monoisotopic (exact) mass is 538 g/mol. The Morgan fingerprint density at radius 1 is 1.24 bits per heavy atom. The highest BCUT2D eigenvalue weighted by Crippen LogP contribution is 2.59. The van der Waals surface area contributed by atoms with Gasteiger partial charge in [0.15, 0.2) is 0 Å². The van der Waals surface area contributed by atoms with Crippen molar-refractivity contribution in [1.82, 2.24) is 9.80 Å². The van der Waals surface area contributed by atoms with Gasteiger partial charge in [-0.15, -0.1) is 11.8 Å². The van der Waals surface area contributed by atoms with E-state index < -0.39 is 17.6 Å². The number of likely N-dealkylation sites (tertiary alicyclic amines) is 1. The summed E-state index contributed by atoms with van der Waals surface area (Å²) in [5.74, 6) is 2.29. The molecule has 2 atom stereocenters. The smallest absolute Gasteiger partial charge is 0.351 e. The van der Waals surface area contributed by atoms with Gasteiger partial charge in [-0.25, -0.2) is 4.39 Å². The lowest BCUT2D eigenvalue weighted by Gasteiger charge is -2.32. The molecule has 3 aliphatic rings. The summed E-state index contributed by atoms with van der Waals surface area (Å²) >= 11 is 1.80. The molecule has 2 aliphatic carbocycles. The Balaban J connectivity index is 1.23. The third kappa shape index (κ3) is 6.24. The van der Waals surface area contributed by atoms with E-state index in [-0.39, 0.29) is 5.41 Å². The molecule has 0 aromatic heterocycles. The largest absolute Gasteiger partial charge is 0.416 e. The molecule has 1 aromatic rings. The molecule has 2 saturated carbocycles. The molecular weight excluding hydrogens is 500 g/mol. The molecule has 0 bridgehead atoms. The van der Waals surface area contributed by atoms with Gasteiger partial charge in [-0.1, -0.05) is 12.5 Å². The number of likely N-dealkylation sites (N-methyl/N-ethyl adjacent to an activating group) is 1. The Hall–Kier alpha value is -1.87. The van der Waals surface area contributed by atoms with Gasteiger partial charge in [0, 0.05) is 42.5 Å². The number of nitrogens with one attached hydrogen (secondary N) is 1. The van der Waals surface area contributed by atoms with E-state index in [0.717, 1.165) is 73.5 Å². The van der Waals surface area contributed by atoms with E-state index in [4.69, 9.17) is 5.41 Å². The van der Waals surface area contributed by atoms with Crippen molar-refractivity contribution in [2.75, 3.05) is 38.3 Å². The molecule has 4 nitrogen and oxygen atoms in total. The highest BCUT2D eigenvalue weighted by atomic mass is 32.2. The number of hydrogen-bond donors (Lipinski definition) is 1. The van der Waals surface area contributed by atoms with Crippen molar-refractivity contribution in [3.05, 3.63) is 46.4 Å². The van der Waals surface area contributed by atoms with Gasteiger partial charge in [0.2, 0.25) is 0 Å². The predicted molar refractivity (Wildman–Crippen MR) is 144 cm³/mol. The van der Waals surface area contributed by atoms with Crippen molar-refractivity contribution in [2.24, 2.45) is 16.8 Å². The van der Waals surface area contributed by atoms with Crippen LogP contribution in [0.2, 0.25) is 0 Å². The zero-order chi connectivity index (χ0) is 27.0. The van der Waals surface area contributed by atoms with Crippen LogP contribution in [0.5, 0.6) is 0 Å². The average Bonchev–Trinajstić information content (AvgIpc) is 3.34. The number of alkyl halides is 3. The third-order valence-electron chi connectivity index (χ3n) is 8.03. The summed E-state index contributed by atoms with van der Waals surface area (Å²) in [7, 11) is 1.97. The Labute approximate surface area is 222 Å². The molecule has 0 unspecified atom stereocenters. The topological polar surface area (TPSA) is 42.7 Å². The van der Waals surface area contributed by atoms with E-state index in [0.29, 0.717) is 35.8 Å². The van der Waals surface area contributed by atoms with Gasteiger partial charge in [-0.3, -0.25) is 10.4 Å². The molecule has 0 amide bonds. The lowest BCUT2D eigenvalue weighted by molar-refractivity contribution is -0.137. The van der Waals surface area contributed by atoms with E-state index in [2.05, 4.69) is 9.89 Å². The standard InChI is InChI=1S/C28H38F4N4S/c1-18(2)34-19(3)25(20-7-5-8-20)26(33)35(4)17-37-12-6-11-36-15-22-14-27(22,16-36)23-10-9-21(13-24(23)29)28(30,31)32/h9-10,13,20,22,33H,5-8,11-12,14-17H2,1-4H3/b25-19+,33-26?/t22-,27-/m1/s1. The molecule has 1 aliphatic heterocycles. The van der Waals surface area contributed by atoms with Crippen LogP contribution in [-0.2, 0) is 11.6 Å². The minimum absolute atomic E-state index is 0.321. The fraction of sp³-hybridized carbons (Fsp3) is 0.643. The zero-order valence-electron chi connectivity index (χ0n) is 22.2. The highest BCUT2D eigenvalue weighted by molar-refractivity contribution is 7.99. The van der Waals surface area contributed by atoms with E-state index in [1.807, 2.05) is 32.7 Å². The van der Waals surface area contributed by atoms with E-state index in [1.165, 1.54) is 12.5 Å². The number of fused-ring (bicyclic) bond motifs is 1. The molecule has 37 heavy (non-hydrogen) atoms. The summed E-state index contributed by atoms with van der Waals surface area (Å²) < 4.78 is 53.4. The fourth-order valence-corrected chi connectivity index (χ4v) is 6.75. The van der Waals surface area contributed by atoms with Crippen LogP contribution in [0.25, 0.3) is 0 Å². The van der Waals surface area contributed by atoms with E-state index in [1.54, 1.807) is 11.8 Å². The molecule has 204 valence electrons. The first kappa shape index (κ1) is 28.1. The molecular formula is C28H38F4N4S. The van der Waals surface area contributed by atoms with Gasteiger partial charge >= 0.3 is 6.18 Å². The number of rotatable bonds is 10. The number of piperidine rings is 1. The van der Waals surface area contributed by atoms with Gasteiger partial charge in [-0.2, -0.15) is 13.2 Å².